The summed E-state index contributed by atoms with van der Waals surface area (Å²) in [5, 5.41) is 15.2. The lowest BCUT2D eigenvalue weighted by Gasteiger charge is -2.10. The smallest absolute Gasteiger partial charge is 0.182 e. The number of nitrogens with zero attached hydrogens (tertiary/aromatic N) is 4. The first-order valence-electron chi connectivity index (χ1n) is 9.46. The van der Waals surface area contributed by atoms with Gasteiger partial charge in [0, 0.05) is 17.7 Å². The van der Waals surface area contributed by atoms with Crippen LogP contribution in [-0.4, -0.2) is 32.7 Å². The Morgan fingerprint density at radius 2 is 1.61 bits per heavy atom. The highest BCUT2D eigenvalue weighted by molar-refractivity contribution is 6.38. The van der Waals surface area contributed by atoms with Gasteiger partial charge in [0.15, 0.2) is 5.65 Å². The van der Waals surface area contributed by atoms with E-state index >= 15 is 0 Å². The second-order valence-corrected chi connectivity index (χ2v) is 7.34. The van der Waals surface area contributed by atoms with E-state index in [2.05, 4.69) is 10.2 Å². The van der Waals surface area contributed by atoms with Gasteiger partial charge >= 0.3 is 0 Å². The average molecular weight is 391 g/mol. The summed E-state index contributed by atoms with van der Waals surface area (Å²) >= 11 is 6.87. The van der Waals surface area contributed by atoms with Crippen LogP contribution in [0.2, 0.25) is 5.02 Å². The molecule has 0 bridgehead atoms. The fraction of sp³-hybridized carbons (Fsp3) is 0.227. The van der Waals surface area contributed by atoms with Gasteiger partial charge in [-0.2, -0.15) is 5.10 Å². The second kappa shape index (κ2) is 7.34. The summed E-state index contributed by atoms with van der Waals surface area (Å²) in [7, 11) is 0. The number of hydrogen-bond donors (Lipinski definition) is 0. The van der Waals surface area contributed by atoms with Gasteiger partial charge in [-0.1, -0.05) is 72.3 Å². The average Bonchev–Trinajstić information content (AvgIpc) is 3.39. The van der Waals surface area contributed by atoms with Gasteiger partial charge in [0.25, 0.3) is 0 Å². The van der Waals surface area contributed by atoms with Crippen LogP contribution >= 0.6 is 11.6 Å². The molecule has 1 saturated heterocycles. The van der Waals surface area contributed by atoms with E-state index < -0.39 is 0 Å². The van der Waals surface area contributed by atoms with Crippen LogP contribution in [0.25, 0.3) is 33.5 Å². The molecule has 0 spiro atoms. The summed E-state index contributed by atoms with van der Waals surface area (Å²) in [6.07, 6.45) is 2.27. The van der Waals surface area contributed by atoms with Crippen LogP contribution in [0.15, 0.2) is 60.7 Å². The molecule has 140 valence electrons. The standard InChI is InChI=1S/C22H19ClN4O/c23-19-18-20(15-8-3-1-4-9-15)26-27(14-17-12-7-13-28-17)22(18)25-24-21(19)16-10-5-2-6-11-16/h1-6,8-11,17H,7,12-14H2/t17-/m1/s1. The molecule has 0 saturated carbocycles. The fourth-order valence-corrected chi connectivity index (χ4v) is 4.02. The number of fused-ring (bicyclic) bond motifs is 1. The van der Waals surface area contributed by atoms with Gasteiger partial charge in [-0.15, -0.1) is 10.2 Å². The fourth-order valence-electron chi connectivity index (χ4n) is 3.70. The third-order valence-electron chi connectivity index (χ3n) is 5.09. The third-order valence-corrected chi connectivity index (χ3v) is 5.46. The maximum absolute atomic E-state index is 6.87. The van der Waals surface area contributed by atoms with Crippen molar-refractivity contribution in [2.24, 2.45) is 0 Å². The third kappa shape index (κ3) is 3.07. The van der Waals surface area contributed by atoms with Crippen molar-refractivity contribution in [2.45, 2.75) is 25.5 Å². The number of halogens is 1. The Hall–Kier alpha value is -2.76. The van der Waals surface area contributed by atoms with Crippen LogP contribution in [0.1, 0.15) is 12.8 Å². The van der Waals surface area contributed by atoms with E-state index in [4.69, 9.17) is 21.4 Å². The molecule has 2 aromatic carbocycles. The van der Waals surface area contributed by atoms with E-state index in [1.165, 1.54) is 0 Å². The van der Waals surface area contributed by atoms with Crippen molar-refractivity contribution in [1.82, 2.24) is 20.0 Å². The molecule has 2 aromatic heterocycles. The Labute approximate surface area is 167 Å². The second-order valence-electron chi connectivity index (χ2n) is 6.96. The Morgan fingerprint density at radius 1 is 0.929 bits per heavy atom. The lowest BCUT2D eigenvalue weighted by Crippen LogP contribution is -2.16. The summed E-state index contributed by atoms with van der Waals surface area (Å²) in [5.41, 5.74) is 4.13. The summed E-state index contributed by atoms with van der Waals surface area (Å²) in [6, 6.07) is 20.0. The molecule has 0 unspecified atom stereocenters. The predicted molar refractivity (Wildman–Crippen MR) is 110 cm³/mol. The maximum Gasteiger partial charge on any atom is 0.182 e. The van der Waals surface area contributed by atoms with E-state index in [-0.39, 0.29) is 6.10 Å². The zero-order chi connectivity index (χ0) is 18.9. The van der Waals surface area contributed by atoms with Crippen LogP contribution in [0, 0.1) is 0 Å². The molecular formula is C22H19ClN4O. The van der Waals surface area contributed by atoms with E-state index in [9.17, 15) is 0 Å². The Kier molecular flexibility index (Phi) is 4.55. The molecule has 0 amide bonds. The number of aromatic nitrogens is 4. The van der Waals surface area contributed by atoms with Crippen LogP contribution in [0.4, 0.5) is 0 Å². The summed E-state index contributed by atoms with van der Waals surface area (Å²) in [5.74, 6) is 0. The highest BCUT2D eigenvalue weighted by Gasteiger charge is 2.24. The normalized spacial score (nSPS) is 16.7. The summed E-state index contributed by atoms with van der Waals surface area (Å²) in [6.45, 7) is 1.46. The van der Waals surface area contributed by atoms with Gasteiger partial charge in [0.1, 0.15) is 11.4 Å². The van der Waals surface area contributed by atoms with Crippen LogP contribution < -0.4 is 0 Å². The molecule has 0 N–H and O–H groups in total. The number of benzene rings is 2. The first-order chi connectivity index (χ1) is 13.8. The summed E-state index contributed by atoms with van der Waals surface area (Å²) in [4.78, 5) is 0. The highest BCUT2D eigenvalue weighted by Crippen LogP contribution is 2.37. The maximum atomic E-state index is 6.87. The van der Waals surface area contributed by atoms with E-state index in [0.717, 1.165) is 41.7 Å². The van der Waals surface area contributed by atoms with Crippen molar-refractivity contribution in [3.05, 3.63) is 65.7 Å². The SMILES string of the molecule is Clc1c(-c2ccccc2)nnc2c1c(-c1ccccc1)nn2C[C@H]1CCCO1. The summed E-state index contributed by atoms with van der Waals surface area (Å²) < 4.78 is 7.69. The lowest BCUT2D eigenvalue weighted by atomic mass is 10.1. The van der Waals surface area contributed by atoms with E-state index in [1.807, 2.05) is 65.3 Å². The molecule has 1 aliphatic rings. The van der Waals surface area contributed by atoms with Gasteiger partial charge in [-0.25, -0.2) is 4.68 Å². The first-order valence-corrected chi connectivity index (χ1v) is 9.84. The molecule has 0 radical (unpaired) electrons. The minimum Gasteiger partial charge on any atom is -0.376 e. The molecule has 5 rings (SSSR count). The molecule has 28 heavy (non-hydrogen) atoms. The Morgan fingerprint density at radius 3 is 2.25 bits per heavy atom. The largest absolute Gasteiger partial charge is 0.376 e. The van der Waals surface area contributed by atoms with Crippen molar-refractivity contribution >= 4 is 22.6 Å². The number of hydrogen-bond acceptors (Lipinski definition) is 4. The zero-order valence-corrected chi connectivity index (χ0v) is 16.0. The number of ether oxygens (including phenoxy) is 1. The van der Waals surface area contributed by atoms with Crippen molar-refractivity contribution in [3.8, 4) is 22.5 Å². The van der Waals surface area contributed by atoms with Crippen molar-refractivity contribution in [2.75, 3.05) is 6.61 Å². The van der Waals surface area contributed by atoms with Crippen molar-refractivity contribution in [3.63, 3.8) is 0 Å². The van der Waals surface area contributed by atoms with E-state index in [1.54, 1.807) is 0 Å². The molecule has 1 fully saturated rings. The molecule has 5 nitrogen and oxygen atoms in total. The molecule has 4 aromatic rings. The van der Waals surface area contributed by atoms with Gasteiger partial charge in [-0.3, -0.25) is 0 Å². The number of rotatable bonds is 4. The Bertz CT molecular complexity index is 1110. The van der Waals surface area contributed by atoms with Crippen LogP contribution in [0.5, 0.6) is 0 Å². The Balaban J connectivity index is 1.71. The van der Waals surface area contributed by atoms with Crippen molar-refractivity contribution in [1.29, 1.82) is 0 Å². The quantitative estimate of drug-likeness (QED) is 0.492. The molecule has 0 aliphatic carbocycles. The molecular weight excluding hydrogens is 372 g/mol. The van der Waals surface area contributed by atoms with Crippen molar-refractivity contribution < 1.29 is 4.74 Å². The topological polar surface area (TPSA) is 52.8 Å². The van der Waals surface area contributed by atoms with Gasteiger partial charge in [0.05, 0.1) is 23.1 Å². The zero-order valence-electron chi connectivity index (χ0n) is 15.3. The van der Waals surface area contributed by atoms with Gasteiger partial charge in [-0.05, 0) is 12.8 Å². The molecule has 3 heterocycles. The minimum absolute atomic E-state index is 0.154. The van der Waals surface area contributed by atoms with E-state index in [0.29, 0.717) is 22.9 Å². The highest BCUT2D eigenvalue weighted by atomic mass is 35.5. The van der Waals surface area contributed by atoms with Crippen LogP contribution in [-0.2, 0) is 11.3 Å². The predicted octanol–water partition coefficient (Wildman–Crippen LogP) is 4.99. The van der Waals surface area contributed by atoms with Crippen LogP contribution in [0.3, 0.4) is 0 Å². The lowest BCUT2D eigenvalue weighted by molar-refractivity contribution is 0.0950. The molecule has 1 atom stereocenters. The molecule has 1 aliphatic heterocycles. The molecule has 6 heteroatoms. The van der Waals surface area contributed by atoms with Gasteiger partial charge in [0.2, 0.25) is 0 Å². The van der Waals surface area contributed by atoms with Gasteiger partial charge < -0.3 is 4.74 Å². The monoisotopic (exact) mass is 390 g/mol. The minimum atomic E-state index is 0.154. The first kappa shape index (κ1) is 17.3.